The van der Waals surface area contributed by atoms with Gasteiger partial charge >= 0.3 is 0 Å². The molecule has 1 aromatic carbocycles. The second-order valence-corrected chi connectivity index (χ2v) is 7.43. The minimum Gasteiger partial charge on any atom is -0.354 e. The number of aromatic amines is 1. The molecular formula is C20H28N4O3S. The van der Waals surface area contributed by atoms with E-state index in [1.54, 1.807) is 10.6 Å². The van der Waals surface area contributed by atoms with Crippen molar-refractivity contribution in [3.8, 4) is 0 Å². The van der Waals surface area contributed by atoms with E-state index in [1.165, 1.54) is 0 Å². The number of hydrogen-bond acceptors (Lipinski definition) is 4. The van der Waals surface area contributed by atoms with E-state index in [0.717, 1.165) is 24.8 Å². The molecule has 28 heavy (non-hydrogen) atoms. The summed E-state index contributed by atoms with van der Waals surface area (Å²) in [7, 11) is 0. The highest BCUT2D eigenvalue weighted by Gasteiger charge is 2.07. The molecule has 0 saturated carbocycles. The molecule has 1 heterocycles. The van der Waals surface area contributed by atoms with Crippen molar-refractivity contribution in [1.82, 2.24) is 20.2 Å². The van der Waals surface area contributed by atoms with Crippen molar-refractivity contribution >= 4 is 34.9 Å². The van der Waals surface area contributed by atoms with Crippen LogP contribution in [-0.4, -0.2) is 34.5 Å². The number of carbonyl (C=O) groups excluding carboxylic acids is 2. The number of carbonyl (C=O) groups is 2. The summed E-state index contributed by atoms with van der Waals surface area (Å²) in [6.45, 7) is 5.05. The molecular weight excluding hydrogens is 376 g/mol. The van der Waals surface area contributed by atoms with E-state index in [9.17, 15) is 14.4 Å². The number of nitrogens with zero attached hydrogens (tertiary/aromatic N) is 1. The Morgan fingerprint density at radius 2 is 1.82 bits per heavy atom. The molecule has 3 N–H and O–H groups in total. The number of aromatic nitrogens is 2. The highest BCUT2D eigenvalue weighted by molar-refractivity contribution is 7.71. The van der Waals surface area contributed by atoms with Crippen molar-refractivity contribution in [2.75, 3.05) is 13.1 Å². The van der Waals surface area contributed by atoms with Gasteiger partial charge in [-0.3, -0.25) is 19.0 Å². The van der Waals surface area contributed by atoms with Gasteiger partial charge in [-0.15, -0.1) is 0 Å². The van der Waals surface area contributed by atoms with Crippen molar-refractivity contribution in [2.45, 2.75) is 46.1 Å². The molecule has 0 radical (unpaired) electrons. The Labute approximate surface area is 169 Å². The number of rotatable bonds is 10. The maximum atomic E-state index is 12.5. The fourth-order valence-electron chi connectivity index (χ4n) is 2.81. The lowest BCUT2D eigenvalue weighted by Crippen LogP contribution is -2.36. The number of amides is 2. The third-order valence-corrected chi connectivity index (χ3v) is 4.77. The average molecular weight is 405 g/mol. The summed E-state index contributed by atoms with van der Waals surface area (Å²) in [6, 6.07) is 7.32. The van der Waals surface area contributed by atoms with Crippen molar-refractivity contribution in [3.05, 3.63) is 39.4 Å². The molecule has 2 amide bonds. The van der Waals surface area contributed by atoms with Crippen molar-refractivity contribution in [2.24, 2.45) is 5.92 Å². The largest absolute Gasteiger partial charge is 0.354 e. The maximum absolute atomic E-state index is 12.5. The molecule has 7 nitrogen and oxygen atoms in total. The molecule has 0 spiro atoms. The summed E-state index contributed by atoms with van der Waals surface area (Å²) in [4.78, 5) is 38.8. The topological polar surface area (TPSA) is 96.0 Å². The highest BCUT2D eigenvalue weighted by atomic mass is 32.1. The van der Waals surface area contributed by atoms with Crippen LogP contribution in [0.4, 0.5) is 0 Å². The molecule has 152 valence electrons. The van der Waals surface area contributed by atoms with Crippen molar-refractivity contribution in [3.63, 3.8) is 0 Å². The van der Waals surface area contributed by atoms with Gasteiger partial charge in [0.1, 0.15) is 0 Å². The van der Waals surface area contributed by atoms with Crippen LogP contribution in [0.15, 0.2) is 29.1 Å². The number of para-hydroxylation sites is 1. The van der Waals surface area contributed by atoms with Crippen LogP contribution in [0.5, 0.6) is 0 Å². The SMILES string of the molecule is CC(C)C(=O)NCCNC(=O)CCCCCn1c(=S)[nH]c2ccccc2c1=O. The predicted octanol–water partition coefficient (Wildman–Crippen LogP) is 2.51. The minimum atomic E-state index is -0.0828. The van der Waals surface area contributed by atoms with Crippen LogP contribution < -0.4 is 16.2 Å². The predicted molar refractivity (Wildman–Crippen MR) is 113 cm³/mol. The second-order valence-electron chi connectivity index (χ2n) is 7.04. The van der Waals surface area contributed by atoms with Crippen LogP contribution >= 0.6 is 12.2 Å². The molecule has 0 saturated heterocycles. The zero-order valence-electron chi connectivity index (χ0n) is 16.4. The molecule has 1 aromatic heterocycles. The van der Waals surface area contributed by atoms with Gasteiger partial charge in [-0.05, 0) is 37.2 Å². The Balaban J connectivity index is 1.69. The highest BCUT2D eigenvalue weighted by Crippen LogP contribution is 2.07. The van der Waals surface area contributed by atoms with E-state index >= 15 is 0 Å². The first-order valence-corrected chi connectivity index (χ1v) is 10.1. The fraction of sp³-hybridized carbons (Fsp3) is 0.500. The molecule has 2 aromatic rings. The normalized spacial score (nSPS) is 11.0. The number of unbranched alkanes of at least 4 members (excludes halogenated alkanes) is 2. The molecule has 0 unspecified atom stereocenters. The van der Waals surface area contributed by atoms with E-state index in [-0.39, 0.29) is 23.3 Å². The summed E-state index contributed by atoms with van der Waals surface area (Å²) < 4.78 is 2.00. The van der Waals surface area contributed by atoms with Gasteiger partial charge in [-0.1, -0.05) is 32.4 Å². The van der Waals surface area contributed by atoms with Crippen LogP contribution in [-0.2, 0) is 16.1 Å². The first kappa shape index (κ1) is 21.8. The Bertz CT molecular complexity index is 933. The third kappa shape index (κ3) is 6.30. The Morgan fingerprint density at radius 3 is 2.57 bits per heavy atom. The monoisotopic (exact) mass is 404 g/mol. The van der Waals surface area contributed by atoms with E-state index in [4.69, 9.17) is 12.2 Å². The van der Waals surface area contributed by atoms with E-state index in [2.05, 4.69) is 15.6 Å². The van der Waals surface area contributed by atoms with Gasteiger partial charge in [0.25, 0.3) is 5.56 Å². The summed E-state index contributed by atoms with van der Waals surface area (Å²) >= 11 is 5.29. The first-order valence-electron chi connectivity index (χ1n) is 9.66. The Hall–Kier alpha value is -2.48. The molecule has 0 aliphatic rings. The van der Waals surface area contributed by atoms with E-state index in [0.29, 0.717) is 36.2 Å². The number of fused-ring (bicyclic) bond motifs is 1. The smallest absolute Gasteiger partial charge is 0.262 e. The van der Waals surface area contributed by atoms with Crippen molar-refractivity contribution in [1.29, 1.82) is 0 Å². The Morgan fingerprint density at radius 1 is 1.11 bits per heavy atom. The quantitative estimate of drug-likeness (QED) is 0.419. The molecule has 0 aliphatic carbocycles. The summed E-state index contributed by atoms with van der Waals surface area (Å²) in [5.74, 6) is -0.102. The van der Waals surface area contributed by atoms with E-state index < -0.39 is 0 Å². The lowest BCUT2D eigenvalue weighted by atomic mass is 10.2. The molecule has 0 bridgehead atoms. The molecule has 0 atom stereocenters. The summed E-state index contributed by atoms with van der Waals surface area (Å²) in [5.41, 5.74) is 0.663. The molecule has 0 aliphatic heterocycles. The minimum absolute atomic E-state index is 0.0171. The maximum Gasteiger partial charge on any atom is 0.262 e. The summed E-state index contributed by atoms with van der Waals surface area (Å²) in [5, 5.41) is 6.17. The first-order chi connectivity index (χ1) is 13.4. The van der Waals surface area contributed by atoms with Crippen LogP contribution in [0.3, 0.4) is 0 Å². The number of H-pyrrole nitrogens is 1. The van der Waals surface area contributed by atoms with Crippen LogP contribution in [0.25, 0.3) is 10.9 Å². The molecule has 0 fully saturated rings. The van der Waals surface area contributed by atoms with Gasteiger partial charge in [0, 0.05) is 32.0 Å². The molecule has 2 rings (SSSR count). The molecule has 8 heteroatoms. The van der Waals surface area contributed by atoms with Gasteiger partial charge in [-0.2, -0.15) is 0 Å². The van der Waals surface area contributed by atoms with Crippen molar-refractivity contribution < 1.29 is 9.59 Å². The lowest BCUT2D eigenvalue weighted by Gasteiger charge is -2.09. The number of benzene rings is 1. The van der Waals surface area contributed by atoms with Crippen LogP contribution in [0, 0.1) is 10.7 Å². The zero-order chi connectivity index (χ0) is 20.5. The summed E-state index contributed by atoms with van der Waals surface area (Å²) in [6.07, 6.45) is 2.76. The van der Waals surface area contributed by atoms with E-state index in [1.807, 2.05) is 32.0 Å². The van der Waals surface area contributed by atoms with Gasteiger partial charge in [-0.25, -0.2) is 0 Å². The second kappa shape index (κ2) is 10.8. The number of hydrogen-bond donors (Lipinski definition) is 3. The Kier molecular flexibility index (Phi) is 8.38. The standard InChI is InChI=1S/C20H28N4O3S/c1-14(2)18(26)22-12-11-21-17(25)10-4-3-7-13-24-19(27)15-8-5-6-9-16(15)23-20(24)28/h5-6,8-9,14H,3-4,7,10-13H2,1-2H3,(H,21,25)(H,22,26)(H,23,28). The fourth-order valence-corrected chi connectivity index (χ4v) is 3.10. The van der Waals surface area contributed by atoms with Crippen LogP contribution in [0.2, 0.25) is 0 Å². The third-order valence-electron chi connectivity index (χ3n) is 4.45. The van der Waals surface area contributed by atoms with Gasteiger partial charge < -0.3 is 15.6 Å². The lowest BCUT2D eigenvalue weighted by molar-refractivity contribution is -0.124. The number of nitrogens with one attached hydrogen (secondary N) is 3. The average Bonchev–Trinajstić information content (AvgIpc) is 2.67. The van der Waals surface area contributed by atoms with Crippen LogP contribution in [0.1, 0.15) is 39.5 Å². The zero-order valence-corrected chi connectivity index (χ0v) is 17.2. The van der Waals surface area contributed by atoms with Gasteiger partial charge in [0.15, 0.2) is 4.77 Å². The van der Waals surface area contributed by atoms with Gasteiger partial charge in [0.2, 0.25) is 11.8 Å². The van der Waals surface area contributed by atoms with Gasteiger partial charge in [0.05, 0.1) is 10.9 Å².